The molecule has 1 atom stereocenters. The number of nitro groups is 1. The summed E-state index contributed by atoms with van der Waals surface area (Å²) in [5.74, 6) is 0.207. The van der Waals surface area contributed by atoms with Crippen molar-refractivity contribution >= 4 is 11.6 Å². The van der Waals surface area contributed by atoms with Crippen LogP contribution in [0.1, 0.15) is 28.8 Å². The van der Waals surface area contributed by atoms with Gasteiger partial charge in [-0.05, 0) is 11.5 Å². The minimum atomic E-state index is -0.590. The van der Waals surface area contributed by atoms with Crippen LogP contribution in [0.4, 0.5) is 5.69 Å². The molecular formula is C18H18N2O5. The summed E-state index contributed by atoms with van der Waals surface area (Å²) in [5.41, 5.74) is 0.753. The molecule has 0 bridgehead atoms. The van der Waals surface area contributed by atoms with E-state index in [1.165, 1.54) is 12.1 Å². The second kappa shape index (κ2) is 7.21. The number of nitrogens with zero attached hydrogens (tertiary/aromatic N) is 1. The maximum atomic E-state index is 12.5. The summed E-state index contributed by atoms with van der Waals surface area (Å²) in [6.45, 7) is 3.02. The SMILES string of the molecule is C[C@H](CNC(=O)c1cc2c(cc1[N+](=O)[O-])OCCO2)c1ccccc1. The monoisotopic (exact) mass is 342 g/mol. The number of hydrogen-bond donors (Lipinski definition) is 1. The van der Waals surface area contributed by atoms with E-state index in [9.17, 15) is 14.9 Å². The topological polar surface area (TPSA) is 90.7 Å². The fourth-order valence-electron chi connectivity index (χ4n) is 2.65. The number of benzene rings is 2. The molecular weight excluding hydrogens is 324 g/mol. The van der Waals surface area contributed by atoms with Crippen LogP contribution in [-0.2, 0) is 0 Å². The van der Waals surface area contributed by atoms with Gasteiger partial charge in [-0.25, -0.2) is 0 Å². The summed E-state index contributed by atoms with van der Waals surface area (Å²) in [7, 11) is 0. The zero-order valence-electron chi connectivity index (χ0n) is 13.7. The number of fused-ring (bicyclic) bond motifs is 1. The lowest BCUT2D eigenvalue weighted by atomic mass is 10.0. The van der Waals surface area contributed by atoms with E-state index in [4.69, 9.17) is 9.47 Å². The summed E-state index contributed by atoms with van der Waals surface area (Å²) in [6, 6.07) is 12.3. The number of carbonyl (C=O) groups is 1. The highest BCUT2D eigenvalue weighted by atomic mass is 16.6. The first kappa shape index (κ1) is 16.8. The van der Waals surface area contributed by atoms with Crippen molar-refractivity contribution in [1.82, 2.24) is 5.32 Å². The molecule has 3 rings (SSSR count). The van der Waals surface area contributed by atoms with E-state index in [1.54, 1.807) is 0 Å². The average Bonchev–Trinajstić information content (AvgIpc) is 2.65. The number of carbonyl (C=O) groups excluding carboxylic acids is 1. The number of ether oxygens (including phenoxy) is 2. The van der Waals surface area contributed by atoms with Gasteiger partial charge in [0.1, 0.15) is 18.8 Å². The van der Waals surface area contributed by atoms with Crippen molar-refractivity contribution in [3.05, 3.63) is 63.7 Å². The molecule has 1 amide bonds. The van der Waals surface area contributed by atoms with E-state index < -0.39 is 10.8 Å². The predicted molar refractivity (Wildman–Crippen MR) is 91.3 cm³/mol. The first-order valence-corrected chi connectivity index (χ1v) is 7.97. The van der Waals surface area contributed by atoms with Crippen LogP contribution in [0, 0.1) is 10.1 Å². The number of amides is 1. The molecule has 1 aliphatic heterocycles. The Bertz CT molecular complexity index is 792. The molecule has 2 aromatic rings. The third kappa shape index (κ3) is 3.71. The van der Waals surface area contributed by atoms with Gasteiger partial charge in [0.25, 0.3) is 11.6 Å². The van der Waals surface area contributed by atoms with E-state index >= 15 is 0 Å². The van der Waals surface area contributed by atoms with Crippen LogP contribution in [-0.4, -0.2) is 30.6 Å². The van der Waals surface area contributed by atoms with Gasteiger partial charge >= 0.3 is 0 Å². The highest BCUT2D eigenvalue weighted by Crippen LogP contribution is 2.36. The van der Waals surface area contributed by atoms with E-state index in [-0.39, 0.29) is 22.9 Å². The van der Waals surface area contributed by atoms with Crippen molar-refractivity contribution in [2.24, 2.45) is 0 Å². The van der Waals surface area contributed by atoms with Gasteiger partial charge in [0.15, 0.2) is 11.5 Å². The Morgan fingerprint density at radius 1 is 1.20 bits per heavy atom. The lowest BCUT2D eigenvalue weighted by Gasteiger charge is -2.19. The van der Waals surface area contributed by atoms with E-state index in [0.29, 0.717) is 25.5 Å². The highest BCUT2D eigenvalue weighted by molar-refractivity contribution is 5.99. The Labute approximate surface area is 144 Å². The van der Waals surface area contributed by atoms with Crippen molar-refractivity contribution in [3.8, 4) is 11.5 Å². The van der Waals surface area contributed by atoms with E-state index in [1.807, 2.05) is 37.3 Å². The molecule has 0 unspecified atom stereocenters. The summed E-state index contributed by atoms with van der Waals surface area (Å²) >= 11 is 0. The van der Waals surface area contributed by atoms with Crippen LogP contribution in [0.5, 0.6) is 11.5 Å². The zero-order chi connectivity index (χ0) is 17.8. The third-order valence-electron chi connectivity index (χ3n) is 4.04. The van der Waals surface area contributed by atoms with Crippen molar-refractivity contribution in [3.63, 3.8) is 0 Å². The molecule has 0 aromatic heterocycles. The number of rotatable bonds is 5. The van der Waals surface area contributed by atoms with Gasteiger partial charge in [0, 0.05) is 12.6 Å². The standard InChI is InChI=1S/C18H18N2O5/c1-12(13-5-3-2-4-6-13)11-19-18(21)14-9-16-17(25-8-7-24-16)10-15(14)20(22)23/h2-6,9-10,12H,7-8,11H2,1H3,(H,19,21)/t12-/m1/s1. The minimum Gasteiger partial charge on any atom is -0.486 e. The fraction of sp³-hybridized carbons (Fsp3) is 0.278. The number of hydrogen-bond acceptors (Lipinski definition) is 5. The second-order valence-corrected chi connectivity index (χ2v) is 5.79. The molecule has 130 valence electrons. The highest BCUT2D eigenvalue weighted by Gasteiger charge is 2.26. The molecule has 0 fully saturated rings. The van der Waals surface area contributed by atoms with Gasteiger partial charge in [0.05, 0.1) is 11.0 Å². The van der Waals surface area contributed by atoms with Crippen LogP contribution in [0.2, 0.25) is 0 Å². The zero-order valence-corrected chi connectivity index (χ0v) is 13.7. The first-order chi connectivity index (χ1) is 12.1. The molecule has 7 heteroatoms. The molecule has 0 saturated heterocycles. The molecule has 1 N–H and O–H groups in total. The maximum Gasteiger partial charge on any atom is 0.286 e. The van der Waals surface area contributed by atoms with Crippen molar-refractivity contribution in [2.75, 3.05) is 19.8 Å². The summed E-state index contributed by atoms with van der Waals surface area (Å²) in [6.07, 6.45) is 0. The van der Waals surface area contributed by atoms with E-state index in [2.05, 4.69) is 5.32 Å². The van der Waals surface area contributed by atoms with Crippen LogP contribution in [0.3, 0.4) is 0 Å². The Morgan fingerprint density at radius 3 is 2.48 bits per heavy atom. The molecule has 0 radical (unpaired) electrons. The summed E-state index contributed by atoms with van der Waals surface area (Å²) in [4.78, 5) is 23.2. The largest absolute Gasteiger partial charge is 0.486 e. The van der Waals surface area contributed by atoms with Crippen LogP contribution >= 0.6 is 0 Å². The molecule has 0 spiro atoms. The smallest absolute Gasteiger partial charge is 0.286 e. The first-order valence-electron chi connectivity index (χ1n) is 7.97. The van der Waals surface area contributed by atoms with Crippen molar-refractivity contribution < 1.29 is 19.2 Å². The van der Waals surface area contributed by atoms with Gasteiger partial charge in [-0.15, -0.1) is 0 Å². The van der Waals surface area contributed by atoms with Crippen LogP contribution in [0.25, 0.3) is 0 Å². The second-order valence-electron chi connectivity index (χ2n) is 5.79. The Morgan fingerprint density at radius 2 is 1.84 bits per heavy atom. The van der Waals surface area contributed by atoms with Crippen molar-refractivity contribution in [1.29, 1.82) is 0 Å². The predicted octanol–water partition coefficient (Wildman–Crippen LogP) is 2.90. The van der Waals surface area contributed by atoms with Gasteiger partial charge in [-0.1, -0.05) is 37.3 Å². The fourth-order valence-corrected chi connectivity index (χ4v) is 2.65. The van der Waals surface area contributed by atoms with Gasteiger partial charge in [0.2, 0.25) is 0 Å². The molecule has 25 heavy (non-hydrogen) atoms. The minimum absolute atomic E-state index is 0.0329. The lowest BCUT2D eigenvalue weighted by Crippen LogP contribution is -2.28. The molecule has 1 heterocycles. The normalized spacial score (nSPS) is 13.8. The number of nitrogens with one attached hydrogen (secondary N) is 1. The Hall–Kier alpha value is -3.09. The molecule has 1 aliphatic rings. The average molecular weight is 342 g/mol. The van der Waals surface area contributed by atoms with Gasteiger partial charge in [-0.3, -0.25) is 14.9 Å². The van der Waals surface area contributed by atoms with Crippen molar-refractivity contribution in [2.45, 2.75) is 12.8 Å². The molecule has 0 aliphatic carbocycles. The van der Waals surface area contributed by atoms with Crippen LogP contribution < -0.4 is 14.8 Å². The molecule has 0 saturated carbocycles. The van der Waals surface area contributed by atoms with Crippen LogP contribution in [0.15, 0.2) is 42.5 Å². The molecule has 2 aromatic carbocycles. The summed E-state index contributed by atoms with van der Waals surface area (Å²) < 4.78 is 10.8. The quantitative estimate of drug-likeness (QED) is 0.666. The third-order valence-corrected chi connectivity index (χ3v) is 4.04. The Kier molecular flexibility index (Phi) is 4.83. The van der Waals surface area contributed by atoms with Gasteiger partial charge in [-0.2, -0.15) is 0 Å². The maximum absolute atomic E-state index is 12.5. The summed E-state index contributed by atoms with van der Waals surface area (Å²) in [5, 5.41) is 14.1. The van der Waals surface area contributed by atoms with Gasteiger partial charge < -0.3 is 14.8 Å². The molecule has 7 nitrogen and oxygen atoms in total. The van der Waals surface area contributed by atoms with E-state index in [0.717, 1.165) is 5.56 Å². The number of nitro benzene ring substituents is 1. The Balaban J connectivity index is 1.78. The lowest BCUT2D eigenvalue weighted by molar-refractivity contribution is -0.385.